The van der Waals surface area contributed by atoms with Crippen LogP contribution in [0.4, 0.5) is 0 Å². The molecule has 0 aromatic heterocycles. The summed E-state index contributed by atoms with van der Waals surface area (Å²) in [5.74, 6) is 0.449. The van der Waals surface area contributed by atoms with E-state index >= 15 is 0 Å². The Balaban J connectivity index is 2.07. The second-order valence-electron chi connectivity index (χ2n) is 7.01. The summed E-state index contributed by atoms with van der Waals surface area (Å²) in [5.41, 5.74) is 2.55. The molecule has 3 heteroatoms. The zero-order valence-corrected chi connectivity index (χ0v) is 13.4. The molecule has 0 spiro atoms. The molecule has 0 bridgehead atoms. The standard InChI is InChI=1S/C17H26O3/c1-12-7-8-15(14(9-12)16(2,3)4)18-10-13-11-19-17(5,6)20-13/h7-9,13H,10-11H2,1-6H3. The fraction of sp³-hybridized carbons (Fsp3) is 0.647. The van der Waals surface area contributed by atoms with Crippen molar-refractivity contribution in [2.75, 3.05) is 13.2 Å². The minimum Gasteiger partial charge on any atom is -0.490 e. The zero-order chi connectivity index (χ0) is 15.0. The predicted octanol–water partition coefficient (Wildman–Crippen LogP) is 3.82. The Morgan fingerprint density at radius 3 is 2.55 bits per heavy atom. The minimum absolute atomic E-state index is 0.000813. The highest BCUT2D eigenvalue weighted by Crippen LogP contribution is 2.32. The summed E-state index contributed by atoms with van der Waals surface area (Å²) >= 11 is 0. The smallest absolute Gasteiger partial charge is 0.163 e. The van der Waals surface area contributed by atoms with E-state index in [0.717, 1.165) is 5.75 Å². The van der Waals surface area contributed by atoms with Gasteiger partial charge in [0, 0.05) is 0 Å². The largest absolute Gasteiger partial charge is 0.490 e. The number of rotatable bonds is 3. The molecule has 3 nitrogen and oxygen atoms in total. The van der Waals surface area contributed by atoms with Crippen molar-refractivity contribution in [1.29, 1.82) is 0 Å². The van der Waals surface area contributed by atoms with Gasteiger partial charge in [-0.15, -0.1) is 0 Å². The quantitative estimate of drug-likeness (QED) is 0.841. The minimum atomic E-state index is -0.492. The van der Waals surface area contributed by atoms with Crippen molar-refractivity contribution in [3.05, 3.63) is 29.3 Å². The maximum atomic E-state index is 5.99. The average Bonchev–Trinajstić information content (AvgIpc) is 2.66. The lowest BCUT2D eigenvalue weighted by Gasteiger charge is -2.24. The van der Waals surface area contributed by atoms with E-state index in [0.29, 0.717) is 13.2 Å². The van der Waals surface area contributed by atoms with Crippen LogP contribution in [0.15, 0.2) is 18.2 Å². The molecule has 112 valence electrons. The van der Waals surface area contributed by atoms with Crippen LogP contribution in [0.1, 0.15) is 45.7 Å². The zero-order valence-electron chi connectivity index (χ0n) is 13.4. The Kier molecular flexibility index (Phi) is 4.12. The molecule has 1 saturated heterocycles. The third kappa shape index (κ3) is 3.74. The lowest BCUT2D eigenvalue weighted by atomic mass is 9.85. The summed E-state index contributed by atoms with van der Waals surface area (Å²) in [6.07, 6.45) is -0.000813. The molecule has 20 heavy (non-hydrogen) atoms. The summed E-state index contributed by atoms with van der Waals surface area (Å²) in [5, 5.41) is 0. The van der Waals surface area contributed by atoms with Gasteiger partial charge in [0.2, 0.25) is 0 Å². The molecule has 1 heterocycles. The Labute approximate surface area is 122 Å². The highest BCUT2D eigenvalue weighted by molar-refractivity contribution is 5.41. The highest BCUT2D eigenvalue weighted by atomic mass is 16.7. The lowest BCUT2D eigenvalue weighted by molar-refractivity contribution is -0.141. The number of hydrogen-bond acceptors (Lipinski definition) is 3. The van der Waals surface area contributed by atoms with E-state index in [4.69, 9.17) is 14.2 Å². The molecule has 2 rings (SSSR count). The first-order valence-electron chi connectivity index (χ1n) is 7.23. The fourth-order valence-corrected chi connectivity index (χ4v) is 2.38. The molecular weight excluding hydrogens is 252 g/mol. The summed E-state index contributed by atoms with van der Waals surface area (Å²) in [6, 6.07) is 6.34. The summed E-state index contributed by atoms with van der Waals surface area (Å²) < 4.78 is 17.3. The second-order valence-corrected chi connectivity index (χ2v) is 7.01. The molecule has 1 aliphatic rings. The number of benzene rings is 1. The molecule has 1 fully saturated rings. The van der Waals surface area contributed by atoms with Crippen LogP contribution >= 0.6 is 0 Å². The maximum absolute atomic E-state index is 5.99. The molecule has 1 unspecified atom stereocenters. The van der Waals surface area contributed by atoms with Crippen molar-refractivity contribution >= 4 is 0 Å². The van der Waals surface area contributed by atoms with Gasteiger partial charge in [0.25, 0.3) is 0 Å². The van der Waals surface area contributed by atoms with Crippen LogP contribution in [0, 0.1) is 6.92 Å². The number of ether oxygens (including phenoxy) is 3. The SMILES string of the molecule is Cc1ccc(OCC2COC(C)(C)O2)c(C(C)(C)C)c1. The predicted molar refractivity (Wildman–Crippen MR) is 80.3 cm³/mol. The molecular formula is C17H26O3. The van der Waals surface area contributed by atoms with E-state index in [1.54, 1.807) is 0 Å². The van der Waals surface area contributed by atoms with E-state index in [9.17, 15) is 0 Å². The van der Waals surface area contributed by atoms with Gasteiger partial charge in [-0.3, -0.25) is 0 Å². The monoisotopic (exact) mass is 278 g/mol. The van der Waals surface area contributed by atoms with Crippen LogP contribution < -0.4 is 4.74 Å². The highest BCUT2D eigenvalue weighted by Gasteiger charge is 2.33. The van der Waals surface area contributed by atoms with Gasteiger partial charge in [0.05, 0.1) is 6.61 Å². The molecule has 1 aromatic carbocycles. The topological polar surface area (TPSA) is 27.7 Å². The third-order valence-electron chi connectivity index (χ3n) is 3.44. The number of aryl methyl sites for hydroxylation is 1. The fourth-order valence-electron chi connectivity index (χ4n) is 2.38. The normalized spacial score (nSPS) is 22.0. The van der Waals surface area contributed by atoms with E-state index in [1.807, 2.05) is 13.8 Å². The van der Waals surface area contributed by atoms with Crippen molar-refractivity contribution in [3.8, 4) is 5.75 Å². The average molecular weight is 278 g/mol. The van der Waals surface area contributed by atoms with Crippen molar-refractivity contribution < 1.29 is 14.2 Å². The van der Waals surface area contributed by atoms with Gasteiger partial charge in [-0.05, 0) is 37.8 Å². The lowest BCUT2D eigenvalue weighted by Crippen LogP contribution is -2.25. The second kappa shape index (κ2) is 5.38. The van der Waals surface area contributed by atoms with E-state index in [1.165, 1.54) is 11.1 Å². The van der Waals surface area contributed by atoms with Crippen LogP contribution in [0.5, 0.6) is 5.75 Å². The maximum Gasteiger partial charge on any atom is 0.163 e. The van der Waals surface area contributed by atoms with Crippen molar-refractivity contribution in [2.45, 2.75) is 58.8 Å². The van der Waals surface area contributed by atoms with Gasteiger partial charge in [0.1, 0.15) is 18.5 Å². The van der Waals surface area contributed by atoms with Crippen molar-refractivity contribution in [1.82, 2.24) is 0 Å². The molecule has 1 aliphatic heterocycles. The van der Waals surface area contributed by atoms with E-state index < -0.39 is 5.79 Å². The van der Waals surface area contributed by atoms with Crippen molar-refractivity contribution in [2.24, 2.45) is 0 Å². The molecule has 0 amide bonds. The van der Waals surface area contributed by atoms with Crippen LogP contribution in [-0.2, 0) is 14.9 Å². The molecule has 0 radical (unpaired) electrons. The van der Waals surface area contributed by atoms with Crippen LogP contribution in [-0.4, -0.2) is 25.1 Å². The van der Waals surface area contributed by atoms with Gasteiger partial charge in [-0.2, -0.15) is 0 Å². The van der Waals surface area contributed by atoms with Crippen LogP contribution in [0.2, 0.25) is 0 Å². The van der Waals surface area contributed by atoms with Gasteiger partial charge in [0.15, 0.2) is 5.79 Å². The van der Waals surface area contributed by atoms with Gasteiger partial charge in [-0.1, -0.05) is 38.5 Å². The van der Waals surface area contributed by atoms with Crippen LogP contribution in [0.3, 0.4) is 0 Å². The molecule has 0 N–H and O–H groups in total. The molecule has 1 aromatic rings. The van der Waals surface area contributed by atoms with Gasteiger partial charge >= 0.3 is 0 Å². The third-order valence-corrected chi connectivity index (χ3v) is 3.44. The van der Waals surface area contributed by atoms with Crippen molar-refractivity contribution in [3.63, 3.8) is 0 Å². The Morgan fingerprint density at radius 2 is 2.00 bits per heavy atom. The summed E-state index contributed by atoms with van der Waals surface area (Å²) in [6.45, 7) is 13.7. The Morgan fingerprint density at radius 1 is 1.30 bits per heavy atom. The van der Waals surface area contributed by atoms with Gasteiger partial charge < -0.3 is 14.2 Å². The first-order chi connectivity index (χ1) is 9.17. The van der Waals surface area contributed by atoms with E-state index in [-0.39, 0.29) is 11.5 Å². The Hall–Kier alpha value is -1.06. The molecule has 1 atom stereocenters. The summed E-state index contributed by atoms with van der Waals surface area (Å²) in [7, 11) is 0. The Bertz CT molecular complexity index is 472. The first-order valence-corrected chi connectivity index (χ1v) is 7.23. The molecule has 0 saturated carbocycles. The first kappa shape index (κ1) is 15.3. The van der Waals surface area contributed by atoms with Gasteiger partial charge in [-0.25, -0.2) is 0 Å². The van der Waals surface area contributed by atoms with E-state index in [2.05, 4.69) is 45.9 Å². The summed E-state index contributed by atoms with van der Waals surface area (Å²) in [4.78, 5) is 0. The molecule has 0 aliphatic carbocycles. The van der Waals surface area contributed by atoms with Crippen LogP contribution in [0.25, 0.3) is 0 Å². The number of hydrogen-bond donors (Lipinski definition) is 0.